The summed E-state index contributed by atoms with van der Waals surface area (Å²) in [5, 5.41) is 12.2. The highest BCUT2D eigenvalue weighted by atomic mass is 19.3. The zero-order valence-electron chi connectivity index (χ0n) is 17.3. The first kappa shape index (κ1) is 24.4. The number of unbranched alkanes of at least 4 members (excludes halogenated alkanes) is 2. The largest absolute Gasteiger partial charge is 0.432 e. The summed E-state index contributed by atoms with van der Waals surface area (Å²) in [7, 11) is 0. The van der Waals surface area contributed by atoms with Crippen molar-refractivity contribution in [3.05, 3.63) is 82.7 Å². The van der Waals surface area contributed by atoms with Crippen molar-refractivity contribution in [1.82, 2.24) is 0 Å². The van der Waals surface area contributed by atoms with Crippen LogP contribution in [0.5, 0.6) is 11.5 Å². The highest BCUT2D eigenvalue weighted by Crippen LogP contribution is 2.42. The first-order valence-corrected chi connectivity index (χ1v) is 10.0. The van der Waals surface area contributed by atoms with Gasteiger partial charge in [0, 0.05) is 18.2 Å². The molecule has 2 nitrogen and oxygen atoms in total. The van der Waals surface area contributed by atoms with E-state index in [1.165, 1.54) is 12.1 Å². The summed E-state index contributed by atoms with van der Waals surface area (Å²) in [5.74, 6) is -11.8. The van der Waals surface area contributed by atoms with Gasteiger partial charge in [-0.3, -0.25) is 5.11 Å². The van der Waals surface area contributed by atoms with Gasteiger partial charge in [0.1, 0.15) is 17.1 Å². The number of aryl methyl sites for hydroxylation is 1. The molecule has 3 aromatic rings. The Balaban J connectivity index is 1.99. The molecule has 0 fully saturated rings. The molecule has 9 heteroatoms. The summed E-state index contributed by atoms with van der Waals surface area (Å²) < 4.78 is 102. The van der Waals surface area contributed by atoms with Gasteiger partial charge in [0.25, 0.3) is 0 Å². The maximum absolute atomic E-state index is 15.0. The van der Waals surface area contributed by atoms with Gasteiger partial charge in [-0.2, -0.15) is 8.78 Å². The summed E-state index contributed by atoms with van der Waals surface area (Å²) >= 11 is 0. The van der Waals surface area contributed by atoms with E-state index >= 15 is 4.39 Å². The Labute approximate surface area is 185 Å². The number of halogens is 7. The fourth-order valence-electron chi connectivity index (χ4n) is 3.34. The molecule has 1 radical (unpaired) electrons. The minimum Gasteiger partial charge on any atom is -0.429 e. The molecule has 0 atom stereocenters. The summed E-state index contributed by atoms with van der Waals surface area (Å²) in [6.07, 6.45) is -1.14. The number of ether oxygens (including phenoxy) is 1. The second kappa shape index (κ2) is 9.72. The summed E-state index contributed by atoms with van der Waals surface area (Å²) in [6.45, 7) is 2.04. The second-order valence-electron chi connectivity index (χ2n) is 7.39. The molecular weight excluding hydrogens is 453 g/mol. The molecule has 0 bridgehead atoms. The Kier molecular flexibility index (Phi) is 7.19. The number of rotatable bonds is 8. The van der Waals surface area contributed by atoms with E-state index in [9.17, 15) is 31.4 Å². The van der Waals surface area contributed by atoms with E-state index in [1.54, 1.807) is 12.1 Å². The molecule has 0 aliphatic heterocycles. The van der Waals surface area contributed by atoms with E-state index in [0.717, 1.165) is 31.2 Å². The van der Waals surface area contributed by atoms with Crippen molar-refractivity contribution in [2.24, 2.45) is 0 Å². The van der Waals surface area contributed by atoms with Crippen LogP contribution in [0.4, 0.5) is 30.7 Å². The number of hydrogen-bond donors (Lipinski definition) is 0. The van der Waals surface area contributed by atoms with Crippen LogP contribution < -0.4 is 4.74 Å². The molecule has 0 aliphatic carbocycles. The van der Waals surface area contributed by atoms with E-state index in [1.807, 2.05) is 6.92 Å². The third kappa shape index (κ3) is 5.23. The lowest BCUT2D eigenvalue weighted by Gasteiger charge is -2.21. The van der Waals surface area contributed by atoms with Crippen molar-refractivity contribution in [2.75, 3.05) is 0 Å². The minimum atomic E-state index is -4.78. The monoisotopic (exact) mass is 471 g/mol. The SMILES string of the molecule is CCCCCc1ccc(-c2c([O])cc(F)c(C(F)(F)Oc3cc(F)c(F)c(F)c3)c2F)cc1. The van der Waals surface area contributed by atoms with E-state index < -0.39 is 57.8 Å². The van der Waals surface area contributed by atoms with Crippen molar-refractivity contribution >= 4 is 0 Å². The molecule has 0 saturated heterocycles. The smallest absolute Gasteiger partial charge is 0.429 e. The Hall–Kier alpha value is -3.23. The first-order chi connectivity index (χ1) is 15.5. The van der Waals surface area contributed by atoms with Crippen LogP contribution in [0.25, 0.3) is 11.1 Å². The normalized spacial score (nSPS) is 11.6. The molecular formula is C24H18F7O2. The van der Waals surface area contributed by atoms with Crippen LogP contribution in [-0.2, 0) is 17.6 Å². The Morgan fingerprint density at radius 3 is 2.00 bits per heavy atom. The fraction of sp³-hybridized carbons (Fsp3) is 0.250. The van der Waals surface area contributed by atoms with Gasteiger partial charge in [0.15, 0.2) is 29.0 Å². The van der Waals surface area contributed by atoms with Crippen LogP contribution in [0.3, 0.4) is 0 Å². The van der Waals surface area contributed by atoms with E-state index in [-0.39, 0.29) is 23.8 Å². The van der Waals surface area contributed by atoms with Crippen LogP contribution in [0.2, 0.25) is 0 Å². The highest BCUT2D eigenvalue weighted by Gasteiger charge is 2.43. The van der Waals surface area contributed by atoms with Gasteiger partial charge < -0.3 is 4.74 Å². The fourth-order valence-corrected chi connectivity index (χ4v) is 3.34. The second-order valence-corrected chi connectivity index (χ2v) is 7.39. The average Bonchev–Trinajstić information content (AvgIpc) is 2.72. The van der Waals surface area contributed by atoms with Gasteiger partial charge in [-0.15, -0.1) is 0 Å². The zero-order valence-corrected chi connectivity index (χ0v) is 17.3. The molecule has 0 amide bonds. The molecule has 0 aliphatic rings. The Morgan fingerprint density at radius 1 is 0.818 bits per heavy atom. The third-order valence-corrected chi connectivity index (χ3v) is 4.99. The van der Waals surface area contributed by atoms with Crippen molar-refractivity contribution in [2.45, 2.75) is 38.7 Å². The molecule has 0 spiro atoms. The van der Waals surface area contributed by atoms with Crippen LogP contribution >= 0.6 is 0 Å². The van der Waals surface area contributed by atoms with E-state index in [4.69, 9.17) is 0 Å². The van der Waals surface area contributed by atoms with Crippen molar-refractivity contribution < 1.29 is 40.6 Å². The van der Waals surface area contributed by atoms with Gasteiger partial charge >= 0.3 is 6.11 Å². The first-order valence-electron chi connectivity index (χ1n) is 10.0. The highest BCUT2D eigenvalue weighted by molar-refractivity contribution is 5.72. The summed E-state index contributed by atoms with van der Waals surface area (Å²) in [5.41, 5.74) is -1.91. The molecule has 0 unspecified atom stereocenters. The quantitative estimate of drug-likeness (QED) is 0.186. The van der Waals surface area contributed by atoms with Crippen molar-refractivity contribution in [3.63, 3.8) is 0 Å². The van der Waals surface area contributed by atoms with Gasteiger partial charge in [-0.25, -0.2) is 22.0 Å². The molecule has 3 aromatic carbocycles. The minimum absolute atomic E-state index is 0.0623. The Bertz CT molecular complexity index is 1120. The van der Waals surface area contributed by atoms with Crippen molar-refractivity contribution in [1.29, 1.82) is 0 Å². The maximum atomic E-state index is 15.0. The van der Waals surface area contributed by atoms with Crippen LogP contribution in [-0.4, -0.2) is 0 Å². The molecule has 0 heterocycles. The topological polar surface area (TPSA) is 29.1 Å². The van der Waals surface area contributed by atoms with Crippen LogP contribution in [0.1, 0.15) is 37.3 Å². The zero-order chi connectivity index (χ0) is 24.3. The lowest BCUT2D eigenvalue weighted by molar-refractivity contribution is -0.189. The van der Waals surface area contributed by atoms with Gasteiger partial charge in [-0.1, -0.05) is 44.0 Å². The third-order valence-electron chi connectivity index (χ3n) is 4.99. The van der Waals surface area contributed by atoms with Crippen LogP contribution in [0.15, 0.2) is 42.5 Å². The summed E-state index contributed by atoms with van der Waals surface area (Å²) in [4.78, 5) is 0. The van der Waals surface area contributed by atoms with Gasteiger partial charge in [0.05, 0.1) is 5.56 Å². The molecule has 0 saturated carbocycles. The Morgan fingerprint density at radius 2 is 1.42 bits per heavy atom. The van der Waals surface area contributed by atoms with Gasteiger partial charge in [0.2, 0.25) is 0 Å². The molecule has 175 valence electrons. The number of benzene rings is 3. The average molecular weight is 471 g/mol. The van der Waals surface area contributed by atoms with Crippen molar-refractivity contribution in [3.8, 4) is 22.6 Å². The lowest BCUT2D eigenvalue weighted by atomic mass is 9.97. The standard InChI is InChI=1S/C24H18F7O2/c1-2-3-4-5-13-6-8-14(9-7-13)20-19(32)12-16(25)21(23(20)29)24(30,31)33-15-10-17(26)22(28)18(27)11-15/h6-12H,2-5H2,1H3. The van der Waals surface area contributed by atoms with E-state index in [2.05, 4.69) is 4.74 Å². The summed E-state index contributed by atoms with van der Waals surface area (Å²) in [6, 6.07) is 6.28. The molecule has 3 rings (SSSR count). The lowest BCUT2D eigenvalue weighted by Crippen LogP contribution is -2.25. The molecule has 0 N–H and O–H groups in total. The van der Waals surface area contributed by atoms with Gasteiger partial charge in [-0.05, 0) is 24.0 Å². The number of alkyl halides is 2. The molecule has 33 heavy (non-hydrogen) atoms. The number of hydrogen-bond acceptors (Lipinski definition) is 1. The molecule has 0 aromatic heterocycles. The van der Waals surface area contributed by atoms with E-state index in [0.29, 0.717) is 0 Å². The van der Waals surface area contributed by atoms with Crippen LogP contribution in [0, 0.1) is 29.1 Å². The maximum Gasteiger partial charge on any atom is 0.432 e. The predicted molar refractivity (Wildman–Crippen MR) is 106 cm³/mol. The predicted octanol–water partition coefficient (Wildman–Crippen LogP) is 8.05.